The summed E-state index contributed by atoms with van der Waals surface area (Å²) in [5.74, 6) is -0.0210. The van der Waals surface area contributed by atoms with Crippen molar-refractivity contribution < 1.29 is 4.79 Å². The molecule has 0 radical (unpaired) electrons. The molecule has 2 aromatic rings. The van der Waals surface area contributed by atoms with Crippen LogP contribution in [0.5, 0.6) is 0 Å². The van der Waals surface area contributed by atoms with Gasteiger partial charge < -0.3 is 10.6 Å². The first kappa shape index (κ1) is 15.5. The predicted molar refractivity (Wildman–Crippen MR) is 90.4 cm³/mol. The van der Waals surface area contributed by atoms with E-state index in [4.69, 9.17) is 17.3 Å². The average molecular weight is 336 g/mol. The second-order valence-corrected chi connectivity index (χ2v) is 7.09. The van der Waals surface area contributed by atoms with Crippen LogP contribution in [-0.2, 0) is 0 Å². The molecule has 0 bridgehead atoms. The third-order valence-corrected chi connectivity index (χ3v) is 5.19. The van der Waals surface area contributed by atoms with Crippen LogP contribution >= 0.6 is 22.9 Å². The van der Waals surface area contributed by atoms with Gasteiger partial charge in [0, 0.05) is 24.2 Å². The van der Waals surface area contributed by atoms with Gasteiger partial charge >= 0.3 is 0 Å². The zero-order valence-corrected chi connectivity index (χ0v) is 14.0. The molecular formula is C16H18ClN3OS. The SMILES string of the molecule is Cc1nc(C(=O)N2CCC[C@H]2CN)c(-c2cccc(Cl)c2)s1. The molecule has 2 N–H and O–H groups in total. The highest BCUT2D eigenvalue weighted by atomic mass is 35.5. The van der Waals surface area contributed by atoms with Crippen molar-refractivity contribution >= 4 is 28.8 Å². The molecule has 1 amide bonds. The molecule has 1 saturated heterocycles. The minimum absolute atomic E-state index is 0.0210. The molecule has 0 saturated carbocycles. The molecule has 1 aliphatic rings. The summed E-state index contributed by atoms with van der Waals surface area (Å²) in [6.07, 6.45) is 1.97. The van der Waals surface area contributed by atoms with Crippen LogP contribution in [0.4, 0.5) is 0 Å². The lowest BCUT2D eigenvalue weighted by Crippen LogP contribution is -2.40. The van der Waals surface area contributed by atoms with E-state index in [1.165, 1.54) is 11.3 Å². The lowest BCUT2D eigenvalue weighted by atomic mass is 10.1. The van der Waals surface area contributed by atoms with Crippen LogP contribution in [0, 0.1) is 6.92 Å². The zero-order chi connectivity index (χ0) is 15.7. The third kappa shape index (κ3) is 2.89. The van der Waals surface area contributed by atoms with E-state index in [0.717, 1.165) is 34.8 Å². The van der Waals surface area contributed by atoms with Gasteiger partial charge in [-0.25, -0.2) is 4.98 Å². The molecule has 6 heteroatoms. The molecule has 0 unspecified atom stereocenters. The summed E-state index contributed by atoms with van der Waals surface area (Å²) in [6.45, 7) is 3.17. The summed E-state index contributed by atoms with van der Waals surface area (Å²) in [6, 6.07) is 7.67. The van der Waals surface area contributed by atoms with E-state index in [9.17, 15) is 4.79 Å². The van der Waals surface area contributed by atoms with Gasteiger partial charge in [-0.1, -0.05) is 23.7 Å². The first-order valence-corrected chi connectivity index (χ1v) is 8.54. The van der Waals surface area contributed by atoms with Crippen LogP contribution in [0.15, 0.2) is 24.3 Å². The summed E-state index contributed by atoms with van der Waals surface area (Å²) >= 11 is 7.60. The Hall–Kier alpha value is -1.43. The number of thiazole rings is 1. The minimum atomic E-state index is -0.0210. The first-order chi connectivity index (χ1) is 10.6. The fourth-order valence-corrected chi connectivity index (χ4v) is 3.98. The Morgan fingerprint density at radius 1 is 1.55 bits per heavy atom. The number of nitrogens with zero attached hydrogens (tertiary/aromatic N) is 2. The van der Waals surface area contributed by atoms with E-state index in [0.29, 0.717) is 17.3 Å². The van der Waals surface area contributed by atoms with E-state index in [2.05, 4.69) is 4.98 Å². The van der Waals surface area contributed by atoms with Crippen molar-refractivity contribution in [1.82, 2.24) is 9.88 Å². The largest absolute Gasteiger partial charge is 0.333 e. The molecule has 1 aliphatic heterocycles. The lowest BCUT2D eigenvalue weighted by molar-refractivity contribution is 0.0736. The molecule has 2 heterocycles. The van der Waals surface area contributed by atoms with Gasteiger partial charge in [0.2, 0.25) is 0 Å². The van der Waals surface area contributed by atoms with Crippen molar-refractivity contribution in [3.8, 4) is 10.4 Å². The molecule has 0 spiro atoms. The molecule has 1 fully saturated rings. The van der Waals surface area contributed by atoms with E-state index in [1.54, 1.807) is 0 Å². The van der Waals surface area contributed by atoms with Crippen LogP contribution in [0.25, 0.3) is 10.4 Å². The molecule has 1 atom stereocenters. The van der Waals surface area contributed by atoms with Gasteiger partial charge in [-0.05, 0) is 37.5 Å². The van der Waals surface area contributed by atoms with E-state index in [-0.39, 0.29) is 11.9 Å². The number of aryl methyl sites for hydroxylation is 1. The van der Waals surface area contributed by atoms with Crippen molar-refractivity contribution in [2.45, 2.75) is 25.8 Å². The van der Waals surface area contributed by atoms with Crippen LogP contribution in [0.3, 0.4) is 0 Å². The third-order valence-electron chi connectivity index (χ3n) is 3.93. The van der Waals surface area contributed by atoms with Crippen molar-refractivity contribution in [3.05, 3.63) is 40.0 Å². The summed E-state index contributed by atoms with van der Waals surface area (Å²) in [7, 11) is 0. The smallest absolute Gasteiger partial charge is 0.274 e. The summed E-state index contributed by atoms with van der Waals surface area (Å²) in [5, 5.41) is 1.53. The quantitative estimate of drug-likeness (QED) is 0.935. The predicted octanol–water partition coefficient (Wildman–Crippen LogP) is 3.34. The molecule has 4 nitrogen and oxygen atoms in total. The Morgan fingerprint density at radius 3 is 3.09 bits per heavy atom. The van der Waals surface area contributed by atoms with Gasteiger partial charge in [-0.2, -0.15) is 0 Å². The van der Waals surface area contributed by atoms with E-state index < -0.39 is 0 Å². The molecule has 22 heavy (non-hydrogen) atoms. The average Bonchev–Trinajstić information content (AvgIpc) is 3.12. The number of carbonyl (C=O) groups is 1. The fraction of sp³-hybridized carbons (Fsp3) is 0.375. The molecule has 116 valence electrons. The number of likely N-dealkylation sites (tertiary alicyclic amines) is 1. The second kappa shape index (κ2) is 6.36. The molecule has 1 aromatic carbocycles. The zero-order valence-electron chi connectivity index (χ0n) is 12.4. The van der Waals surface area contributed by atoms with Gasteiger partial charge in [0.15, 0.2) is 0 Å². The molecule has 0 aliphatic carbocycles. The number of aromatic nitrogens is 1. The number of nitrogens with two attached hydrogens (primary N) is 1. The van der Waals surface area contributed by atoms with Crippen molar-refractivity contribution in [2.75, 3.05) is 13.1 Å². The lowest BCUT2D eigenvalue weighted by Gasteiger charge is -2.23. The number of hydrogen-bond donors (Lipinski definition) is 1. The maximum absolute atomic E-state index is 12.9. The number of hydrogen-bond acceptors (Lipinski definition) is 4. The molecular weight excluding hydrogens is 318 g/mol. The van der Waals surface area contributed by atoms with Crippen molar-refractivity contribution in [3.63, 3.8) is 0 Å². The Morgan fingerprint density at radius 2 is 2.36 bits per heavy atom. The Kier molecular flexibility index (Phi) is 4.47. The van der Waals surface area contributed by atoms with Gasteiger partial charge in [-0.3, -0.25) is 4.79 Å². The summed E-state index contributed by atoms with van der Waals surface area (Å²) < 4.78 is 0. The standard InChI is InChI=1S/C16H18ClN3OS/c1-10-19-14(16(21)20-7-3-6-13(20)9-18)15(22-10)11-4-2-5-12(17)8-11/h2,4-5,8,13H,3,6-7,9,18H2,1H3/t13-/m0/s1. The number of halogens is 1. The summed E-state index contributed by atoms with van der Waals surface area (Å²) in [5.41, 5.74) is 7.24. The first-order valence-electron chi connectivity index (χ1n) is 7.34. The molecule has 3 rings (SSSR count). The Balaban J connectivity index is 1.99. The minimum Gasteiger partial charge on any atom is -0.333 e. The second-order valence-electron chi connectivity index (χ2n) is 5.45. The maximum atomic E-state index is 12.9. The van der Waals surface area contributed by atoms with Gasteiger partial charge in [0.25, 0.3) is 5.91 Å². The van der Waals surface area contributed by atoms with E-state index >= 15 is 0 Å². The van der Waals surface area contributed by atoms with Crippen molar-refractivity contribution in [1.29, 1.82) is 0 Å². The Bertz CT molecular complexity index is 700. The van der Waals surface area contributed by atoms with Gasteiger partial charge in [0.05, 0.1) is 9.88 Å². The number of amides is 1. The fourth-order valence-electron chi connectivity index (χ4n) is 2.88. The van der Waals surface area contributed by atoms with Gasteiger partial charge in [0.1, 0.15) is 5.69 Å². The van der Waals surface area contributed by atoms with Gasteiger partial charge in [-0.15, -0.1) is 11.3 Å². The Labute approximate surface area is 138 Å². The van der Waals surface area contributed by atoms with Crippen LogP contribution < -0.4 is 5.73 Å². The van der Waals surface area contributed by atoms with Crippen LogP contribution in [-0.4, -0.2) is 34.9 Å². The highest BCUT2D eigenvalue weighted by Gasteiger charge is 2.31. The van der Waals surface area contributed by atoms with E-state index in [1.807, 2.05) is 36.1 Å². The summed E-state index contributed by atoms with van der Waals surface area (Å²) in [4.78, 5) is 20.1. The van der Waals surface area contributed by atoms with Crippen LogP contribution in [0.2, 0.25) is 5.02 Å². The molecule has 1 aromatic heterocycles. The monoisotopic (exact) mass is 335 g/mol. The topological polar surface area (TPSA) is 59.2 Å². The number of carbonyl (C=O) groups excluding carboxylic acids is 1. The normalized spacial score (nSPS) is 18.0. The van der Waals surface area contributed by atoms with Crippen molar-refractivity contribution in [2.24, 2.45) is 5.73 Å². The number of benzene rings is 1. The highest BCUT2D eigenvalue weighted by molar-refractivity contribution is 7.15. The maximum Gasteiger partial charge on any atom is 0.274 e. The highest BCUT2D eigenvalue weighted by Crippen LogP contribution is 2.33. The number of rotatable bonds is 3. The van der Waals surface area contributed by atoms with Crippen LogP contribution in [0.1, 0.15) is 28.3 Å².